The highest BCUT2D eigenvalue weighted by atomic mass is 16.3. The quantitative estimate of drug-likeness (QED) is 0.814. The molecule has 0 unspecified atom stereocenters. The molecular formula is C15H29NO. The van der Waals surface area contributed by atoms with Gasteiger partial charge in [0.1, 0.15) is 0 Å². The Hall–Kier alpha value is -0.0800. The van der Waals surface area contributed by atoms with Crippen LogP contribution in [-0.4, -0.2) is 35.2 Å². The Morgan fingerprint density at radius 3 is 2.18 bits per heavy atom. The van der Waals surface area contributed by atoms with Gasteiger partial charge in [0, 0.05) is 13.1 Å². The van der Waals surface area contributed by atoms with Crippen LogP contribution >= 0.6 is 0 Å². The van der Waals surface area contributed by atoms with Gasteiger partial charge in [0.25, 0.3) is 0 Å². The van der Waals surface area contributed by atoms with E-state index in [2.05, 4.69) is 18.7 Å². The summed E-state index contributed by atoms with van der Waals surface area (Å²) in [6.07, 6.45) is 9.71. The van der Waals surface area contributed by atoms with E-state index in [0.29, 0.717) is 5.41 Å². The van der Waals surface area contributed by atoms with Crippen molar-refractivity contribution in [1.82, 2.24) is 4.90 Å². The molecule has 2 rings (SSSR count). The number of likely N-dealkylation sites (tertiary alicyclic amines) is 1. The third-order valence-corrected chi connectivity index (χ3v) is 5.32. The van der Waals surface area contributed by atoms with Crippen molar-refractivity contribution < 1.29 is 5.11 Å². The third-order valence-electron chi connectivity index (χ3n) is 5.32. The first kappa shape index (κ1) is 13.4. The predicted molar refractivity (Wildman–Crippen MR) is 72.1 cm³/mol. The van der Waals surface area contributed by atoms with E-state index in [1.807, 2.05) is 0 Å². The summed E-state index contributed by atoms with van der Waals surface area (Å²) in [5.41, 5.74) is 0.181. The highest BCUT2D eigenvalue weighted by Crippen LogP contribution is 2.38. The van der Waals surface area contributed by atoms with Crippen LogP contribution in [0.5, 0.6) is 0 Å². The molecule has 0 amide bonds. The van der Waals surface area contributed by atoms with Crippen LogP contribution in [0.25, 0.3) is 0 Å². The molecule has 17 heavy (non-hydrogen) atoms. The number of nitrogens with zero attached hydrogens (tertiary/aromatic N) is 1. The van der Waals surface area contributed by atoms with E-state index in [1.165, 1.54) is 51.6 Å². The third kappa shape index (κ3) is 3.03. The Morgan fingerprint density at radius 2 is 1.65 bits per heavy atom. The lowest BCUT2D eigenvalue weighted by atomic mass is 9.81. The maximum absolute atomic E-state index is 10.6. The van der Waals surface area contributed by atoms with E-state index < -0.39 is 0 Å². The van der Waals surface area contributed by atoms with Crippen LogP contribution in [-0.2, 0) is 0 Å². The molecule has 0 aromatic heterocycles. The van der Waals surface area contributed by atoms with E-state index in [0.717, 1.165) is 19.4 Å². The van der Waals surface area contributed by atoms with E-state index in [-0.39, 0.29) is 5.60 Å². The molecular weight excluding hydrogens is 210 g/mol. The Balaban J connectivity index is 1.88. The molecule has 0 bridgehead atoms. The molecule has 1 saturated heterocycles. The Bertz CT molecular complexity index is 241. The minimum atomic E-state index is -0.365. The van der Waals surface area contributed by atoms with Crippen LogP contribution in [0.2, 0.25) is 0 Å². The molecule has 1 N–H and O–H groups in total. The molecule has 0 aromatic carbocycles. The molecule has 2 fully saturated rings. The molecule has 1 aliphatic carbocycles. The van der Waals surface area contributed by atoms with Crippen molar-refractivity contribution in [3.8, 4) is 0 Å². The number of β-amino-alcohol motifs (C(OH)–C–C–N with tert-alkyl or cyclic N) is 1. The molecule has 0 aromatic rings. The summed E-state index contributed by atoms with van der Waals surface area (Å²) < 4.78 is 0. The van der Waals surface area contributed by atoms with Crippen molar-refractivity contribution in [2.75, 3.05) is 19.6 Å². The lowest BCUT2D eigenvalue weighted by molar-refractivity contribution is -0.0236. The second kappa shape index (κ2) is 5.27. The van der Waals surface area contributed by atoms with Gasteiger partial charge in [-0.15, -0.1) is 0 Å². The van der Waals surface area contributed by atoms with Crippen LogP contribution in [0.3, 0.4) is 0 Å². The van der Waals surface area contributed by atoms with Crippen molar-refractivity contribution in [1.29, 1.82) is 0 Å². The Morgan fingerprint density at radius 1 is 1.00 bits per heavy atom. The van der Waals surface area contributed by atoms with E-state index >= 15 is 0 Å². The summed E-state index contributed by atoms with van der Waals surface area (Å²) in [5, 5.41) is 10.6. The maximum Gasteiger partial charge on any atom is 0.0774 e. The van der Waals surface area contributed by atoms with Gasteiger partial charge in [0.05, 0.1) is 5.60 Å². The van der Waals surface area contributed by atoms with Gasteiger partial charge in [-0.3, -0.25) is 4.90 Å². The van der Waals surface area contributed by atoms with E-state index in [9.17, 15) is 5.11 Å². The first-order chi connectivity index (χ1) is 8.11. The Kier molecular flexibility index (Phi) is 4.14. The zero-order chi connectivity index (χ0) is 12.4. The van der Waals surface area contributed by atoms with E-state index in [4.69, 9.17) is 0 Å². The van der Waals surface area contributed by atoms with Crippen molar-refractivity contribution in [3.63, 3.8) is 0 Å². The zero-order valence-corrected chi connectivity index (χ0v) is 11.7. The summed E-state index contributed by atoms with van der Waals surface area (Å²) in [6.45, 7) is 7.98. The zero-order valence-electron chi connectivity index (χ0n) is 11.7. The standard InChI is InChI=1S/C15H29NO/c1-3-14(4-2)10-11-16(12-14)13-15(17)8-6-5-7-9-15/h17H,3-13H2,1-2H3. The maximum atomic E-state index is 10.6. The highest BCUT2D eigenvalue weighted by Gasteiger charge is 2.39. The van der Waals surface area contributed by atoms with Crippen molar-refractivity contribution in [3.05, 3.63) is 0 Å². The normalized spacial score (nSPS) is 28.4. The molecule has 0 radical (unpaired) electrons. The van der Waals surface area contributed by atoms with Crippen LogP contribution in [0, 0.1) is 5.41 Å². The van der Waals surface area contributed by atoms with Crippen LogP contribution in [0.15, 0.2) is 0 Å². The summed E-state index contributed by atoms with van der Waals surface area (Å²) in [5.74, 6) is 0. The number of hydrogen-bond donors (Lipinski definition) is 1. The van der Waals surface area contributed by atoms with Gasteiger partial charge in [0.15, 0.2) is 0 Å². The van der Waals surface area contributed by atoms with Crippen molar-refractivity contribution in [2.45, 2.75) is 70.8 Å². The van der Waals surface area contributed by atoms with Gasteiger partial charge in [-0.2, -0.15) is 0 Å². The topological polar surface area (TPSA) is 23.5 Å². The van der Waals surface area contributed by atoms with Gasteiger partial charge < -0.3 is 5.11 Å². The molecule has 1 saturated carbocycles. The van der Waals surface area contributed by atoms with Crippen LogP contribution in [0.4, 0.5) is 0 Å². The average molecular weight is 239 g/mol. The second-order valence-electron chi connectivity index (χ2n) is 6.45. The predicted octanol–water partition coefficient (Wildman–Crippen LogP) is 3.19. The van der Waals surface area contributed by atoms with Crippen LogP contribution < -0.4 is 0 Å². The van der Waals surface area contributed by atoms with Crippen molar-refractivity contribution >= 4 is 0 Å². The molecule has 0 atom stereocenters. The van der Waals surface area contributed by atoms with Gasteiger partial charge in [-0.25, -0.2) is 0 Å². The van der Waals surface area contributed by atoms with Gasteiger partial charge in [-0.05, 0) is 44.1 Å². The number of hydrogen-bond acceptors (Lipinski definition) is 2. The number of rotatable bonds is 4. The molecule has 1 heterocycles. The first-order valence-corrected chi connectivity index (χ1v) is 7.56. The highest BCUT2D eigenvalue weighted by molar-refractivity contribution is 4.93. The fourth-order valence-electron chi connectivity index (χ4n) is 3.77. The fourth-order valence-corrected chi connectivity index (χ4v) is 3.77. The smallest absolute Gasteiger partial charge is 0.0774 e. The van der Waals surface area contributed by atoms with Gasteiger partial charge in [0.2, 0.25) is 0 Å². The fraction of sp³-hybridized carbons (Fsp3) is 1.00. The van der Waals surface area contributed by atoms with E-state index in [1.54, 1.807) is 0 Å². The molecule has 2 aliphatic rings. The van der Waals surface area contributed by atoms with Gasteiger partial charge >= 0.3 is 0 Å². The number of aliphatic hydroxyl groups is 1. The SMILES string of the molecule is CCC1(CC)CCN(CC2(O)CCCCC2)C1. The molecule has 1 aliphatic heterocycles. The minimum Gasteiger partial charge on any atom is -0.389 e. The van der Waals surface area contributed by atoms with Gasteiger partial charge in [-0.1, -0.05) is 33.1 Å². The van der Waals surface area contributed by atoms with Crippen molar-refractivity contribution in [2.24, 2.45) is 5.41 Å². The molecule has 2 heteroatoms. The molecule has 2 nitrogen and oxygen atoms in total. The lowest BCUT2D eigenvalue weighted by Gasteiger charge is -2.36. The second-order valence-corrected chi connectivity index (χ2v) is 6.45. The van der Waals surface area contributed by atoms with Crippen LogP contribution in [0.1, 0.15) is 65.2 Å². The average Bonchev–Trinajstić information content (AvgIpc) is 2.73. The molecule has 0 spiro atoms. The summed E-state index contributed by atoms with van der Waals surface area (Å²) in [4.78, 5) is 2.53. The summed E-state index contributed by atoms with van der Waals surface area (Å²) in [7, 11) is 0. The summed E-state index contributed by atoms with van der Waals surface area (Å²) in [6, 6.07) is 0. The summed E-state index contributed by atoms with van der Waals surface area (Å²) >= 11 is 0. The monoisotopic (exact) mass is 239 g/mol. The first-order valence-electron chi connectivity index (χ1n) is 7.56. The minimum absolute atomic E-state index is 0.365. The Labute approximate surface area is 106 Å². The lowest BCUT2D eigenvalue weighted by Crippen LogP contribution is -2.44. The molecule has 100 valence electrons. The largest absolute Gasteiger partial charge is 0.389 e.